The molecule has 2 atom stereocenters. The lowest BCUT2D eigenvalue weighted by atomic mass is 10.1. The molecule has 3 heterocycles. The molecule has 3 rings (SSSR count). The molecule has 0 bridgehead atoms. The van der Waals surface area contributed by atoms with Crippen LogP contribution in [0.15, 0.2) is 12.1 Å². The topological polar surface area (TPSA) is 64.5 Å². The van der Waals surface area contributed by atoms with E-state index in [9.17, 15) is 4.79 Å². The highest BCUT2D eigenvalue weighted by molar-refractivity contribution is 5.79. The number of ether oxygens (including phenoxy) is 2. The van der Waals surface area contributed by atoms with E-state index in [0.717, 1.165) is 25.1 Å². The first-order valence-electron chi connectivity index (χ1n) is 7.06. The highest BCUT2D eigenvalue weighted by Gasteiger charge is 2.33. The lowest BCUT2D eigenvalue weighted by molar-refractivity contribution is -0.134. The maximum atomic E-state index is 12.3. The molecule has 2 aliphatic rings. The zero-order valence-electron chi connectivity index (χ0n) is 11.6. The largest absolute Gasteiger partial charge is 0.471 e. The van der Waals surface area contributed by atoms with Crippen LogP contribution in [-0.4, -0.2) is 53.4 Å². The molecule has 20 heavy (non-hydrogen) atoms. The number of nitrogens with zero attached hydrogens (tertiary/aromatic N) is 3. The Bertz CT molecular complexity index is 471. The summed E-state index contributed by atoms with van der Waals surface area (Å²) >= 11 is 0. The first kappa shape index (κ1) is 13.3. The Kier molecular flexibility index (Phi) is 3.82. The molecule has 0 spiro atoms. The van der Waals surface area contributed by atoms with Gasteiger partial charge in [0, 0.05) is 25.6 Å². The fourth-order valence-electron chi connectivity index (χ4n) is 2.63. The van der Waals surface area contributed by atoms with E-state index >= 15 is 0 Å². The molecule has 2 saturated heterocycles. The van der Waals surface area contributed by atoms with Crippen molar-refractivity contribution in [2.75, 3.05) is 26.3 Å². The van der Waals surface area contributed by atoms with Crippen LogP contribution in [0.3, 0.4) is 0 Å². The summed E-state index contributed by atoms with van der Waals surface area (Å²) in [7, 11) is 0. The van der Waals surface area contributed by atoms with Crippen LogP contribution in [0.2, 0.25) is 0 Å². The zero-order chi connectivity index (χ0) is 13.9. The lowest BCUT2D eigenvalue weighted by Crippen LogP contribution is -2.36. The monoisotopic (exact) mass is 277 g/mol. The van der Waals surface area contributed by atoms with Gasteiger partial charge >= 0.3 is 0 Å². The van der Waals surface area contributed by atoms with Gasteiger partial charge in [-0.3, -0.25) is 4.79 Å². The first-order valence-corrected chi connectivity index (χ1v) is 7.06. The van der Waals surface area contributed by atoms with Crippen LogP contribution in [0, 0.1) is 12.8 Å². The summed E-state index contributed by atoms with van der Waals surface area (Å²) in [5, 5.41) is 7.96. The third-order valence-corrected chi connectivity index (χ3v) is 3.80. The second kappa shape index (κ2) is 5.75. The predicted molar refractivity (Wildman–Crippen MR) is 71.3 cm³/mol. The quantitative estimate of drug-likeness (QED) is 0.817. The van der Waals surface area contributed by atoms with E-state index in [0.29, 0.717) is 25.6 Å². The molecule has 0 unspecified atom stereocenters. The summed E-state index contributed by atoms with van der Waals surface area (Å²) < 4.78 is 11.0. The average Bonchev–Trinajstić information content (AvgIpc) is 3.12. The maximum absolute atomic E-state index is 12.3. The predicted octanol–water partition coefficient (Wildman–Crippen LogP) is 0.801. The minimum Gasteiger partial charge on any atom is -0.471 e. The molecule has 1 aromatic heterocycles. The Labute approximate surface area is 118 Å². The van der Waals surface area contributed by atoms with Gasteiger partial charge in [-0.2, -0.15) is 5.10 Å². The van der Waals surface area contributed by atoms with E-state index in [2.05, 4.69) is 10.2 Å². The van der Waals surface area contributed by atoms with Crippen molar-refractivity contribution >= 4 is 5.91 Å². The van der Waals surface area contributed by atoms with Crippen molar-refractivity contribution in [3.05, 3.63) is 17.8 Å². The van der Waals surface area contributed by atoms with E-state index in [1.165, 1.54) is 0 Å². The third-order valence-electron chi connectivity index (χ3n) is 3.80. The van der Waals surface area contributed by atoms with Gasteiger partial charge in [0.25, 0.3) is 0 Å². The van der Waals surface area contributed by atoms with Crippen molar-refractivity contribution < 1.29 is 14.3 Å². The van der Waals surface area contributed by atoms with Crippen LogP contribution >= 0.6 is 0 Å². The molecule has 0 radical (unpaired) electrons. The summed E-state index contributed by atoms with van der Waals surface area (Å²) in [6.07, 6.45) is 1.69. The Morgan fingerprint density at radius 3 is 3.00 bits per heavy atom. The van der Waals surface area contributed by atoms with E-state index in [4.69, 9.17) is 9.47 Å². The molecule has 0 saturated carbocycles. The lowest BCUT2D eigenvalue weighted by Gasteiger charge is -2.19. The van der Waals surface area contributed by atoms with Crippen LogP contribution in [0.5, 0.6) is 5.88 Å². The Hall–Kier alpha value is -1.69. The number of rotatable bonds is 3. The van der Waals surface area contributed by atoms with Gasteiger partial charge in [-0.25, -0.2) is 0 Å². The van der Waals surface area contributed by atoms with Crippen molar-refractivity contribution in [2.45, 2.75) is 25.9 Å². The van der Waals surface area contributed by atoms with Crippen molar-refractivity contribution in [2.24, 2.45) is 5.92 Å². The SMILES string of the molecule is Cc1ccc(O[C@@H]2CCN(C(=O)[C@@H]3CCOC3)C2)nn1. The molecule has 108 valence electrons. The van der Waals surface area contributed by atoms with E-state index in [1.54, 1.807) is 0 Å². The van der Waals surface area contributed by atoms with E-state index in [1.807, 2.05) is 24.0 Å². The number of hydrogen-bond acceptors (Lipinski definition) is 5. The van der Waals surface area contributed by atoms with Crippen molar-refractivity contribution in [3.8, 4) is 5.88 Å². The van der Waals surface area contributed by atoms with Gasteiger partial charge in [0.05, 0.1) is 24.8 Å². The van der Waals surface area contributed by atoms with E-state index < -0.39 is 0 Å². The number of carbonyl (C=O) groups excluding carboxylic acids is 1. The van der Waals surface area contributed by atoms with Crippen LogP contribution in [-0.2, 0) is 9.53 Å². The molecule has 1 aromatic rings. The summed E-state index contributed by atoms with van der Waals surface area (Å²) in [4.78, 5) is 14.1. The van der Waals surface area contributed by atoms with Gasteiger partial charge in [0.2, 0.25) is 11.8 Å². The Morgan fingerprint density at radius 2 is 2.30 bits per heavy atom. The number of likely N-dealkylation sites (tertiary alicyclic amines) is 1. The van der Waals surface area contributed by atoms with Crippen molar-refractivity contribution in [1.29, 1.82) is 0 Å². The van der Waals surface area contributed by atoms with Gasteiger partial charge < -0.3 is 14.4 Å². The standard InChI is InChI=1S/C14H19N3O3/c1-10-2-3-13(16-15-10)20-12-4-6-17(8-12)14(18)11-5-7-19-9-11/h2-3,11-12H,4-9H2,1H3/t11-,12-/m1/s1. The van der Waals surface area contributed by atoms with E-state index in [-0.39, 0.29) is 17.9 Å². The fourth-order valence-corrected chi connectivity index (χ4v) is 2.63. The molecule has 0 aromatic carbocycles. The van der Waals surface area contributed by atoms with Gasteiger partial charge in [-0.05, 0) is 19.4 Å². The molecule has 2 fully saturated rings. The average molecular weight is 277 g/mol. The summed E-state index contributed by atoms with van der Waals surface area (Å²) in [6, 6.07) is 3.69. The molecule has 0 aliphatic carbocycles. The van der Waals surface area contributed by atoms with Crippen molar-refractivity contribution in [3.63, 3.8) is 0 Å². The van der Waals surface area contributed by atoms with Crippen LogP contribution in [0.25, 0.3) is 0 Å². The molecule has 6 nitrogen and oxygen atoms in total. The van der Waals surface area contributed by atoms with Crippen LogP contribution in [0.4, 0.5) is 0 Å². The number of aryl methyl sites for hydroxylation is 1. The number of amides is 1. The van der Waals surface area contributed by atoms with Gasteiger partial charge in [0.1, 0.15) is 6.10 Å². The first-order chi connectivity index (χ1) is 9.72. The summed E-state index contributed by atoms with van der Waals surface area (Å²) in [5.41, 5.74) is 0.863. The number of carbonyl (C=O) groups is 1. The zero-order valence-corrected chi connectivity index (χ0v) is 11.6. The maximum Gasteiger partial charge on any atom is 0.233 e. The van der Waals surface area contributed by atoms with Gasteiger partial charge in [-0.15, -0.1) is 5.10 Å². The minimum atomic E-state index is 0.0123. The molecule has 6 heteroatoms. The van der Waals surface area contributed by atoms with Gasteiger partial charge in [0.15, 0.2) is 0 Å². The molecular formula is C14H19N3O3. The smallest absolute Gasteiger partial charge is 0.233 e. The highest BCUT2D eigenvalue weighted by atomic mass is 16.5. The fraction of sp³-hybridized carbons (Fsp3) is 0.643. The molecule has 0 N–H and O–H groups in total. The second-order valence-corrected chi connectivity index (χ2v) is 5.39. The molecule has 1 amide bonds. The molecule has 2 aliphatic heterocycles. The van der Waals surface area contributed by atoms with Crippen molar-refractivity contribution in [1.82, 2.24) is 15.1 Å². The number of aromatic nitrogens is 2. The normalized spacial score (nSPS) is 25.9. The van der Waals surface area contributed by atoms with Crippen LogP contribution in [0.1, 0.15) is 18.5 Å². The van der Waals surface area contributed by atoms with Gasteiger partial charge in [-0.1, -0.05) is 0 Å². The van der Waals surface area contributed by atoms with Crippen LogP contribution < -0.4 is 4.74 Å². The Morgan fingerprint density at radius 1 is 1.40 bits per heavy atom. The summed E-state index contributed by atoms with van der Waals surface area (Å²) in [5.74, 6) is 0.760. The molecular weight excluding hydrogens is 258 g/mol. The summed E-state index contributed by atoms with van der Waals surface area (Å²) in [6.45, 7) is 4.52. The second-order valence-electron chi connectivity index (χ2n) is 5.39. The third kappa shape index (κ3) is 2.90. The number of hydrogen-bond donors (Lipinski definition) is 0. The minimum absolute atomic E-state index is 0.0123. The highest BCUT2D eigenvalue weighted by Crippen LogP contribution is 2.21. The Balaban J connectivity index is 1.54.